The van der Waals surface area contributed by atoms with Gasteiger partial charge in [0.15, 0.2) is 0 Å². The molecule has 1 heterocycles. The summed E-state index contributed by atoms with van der Waals surface area (Å²) < 4.78 is 5.63. The predicted molar refractivity (Wildman–Crippen MR) is 78.0 cm³/mol. The van der Waals surface area contributed by atoms with E-state index in [4.69, 9.17) is 4.74 Å². The van der Waals surface area contributed by atoms with Crippen LogP contribution in [0.25, 0.3) is 0 Å². The Morgan fingerprint density at radius 1 is 1.33 bits per heavy atom. The third-order valence-corrected chi connectivity index (χ3v) is 4.23. The maximum Gasteiger partial charge on any atom is 0.0593 e. The Morgan fingerprint density at radius 2 is 2.11 bits per heavy atom. The van der Waals surface area contributed by atoms with E-state index < -0.39 is 0 Å². The second-order valence-electron chi connectivity index (χ2n) is 5.69. The van der Waals surface area contributed by atoms with Crippen LogP contribution in [0.5, 0.6) is 0 Å². The summed E-state index contributed by atoms with van der Waals surface area (Å²) in [5.74, 6) is 0.759. The highest BCUT2D eigenvalue weighted by molar-refractivity contribution is 4.83. The zero-order valence-corrected chi connectivity index (χ0v) is 12.7. The van der Waals surface area contributed by atoms with Crippen LogP contribution in [0.15, 0.2) is 0 Å². The Hall–Kier alpha value is -0.120. The number of hydrogen-bond donors (Lipinski definition) is 1. The van der Waals surface area contributed by atoms with Gasteiger partial charge in [0.1, 0.15) is 0 Å². The van der Waals surface area contributed by atoms with E-state index in [0.717, 1.165) is 38.6 Å². The van der Waals surface area contributed by atoms with Crippen LogP contribution >= 0.6 is 0 Å². The van der Waals surface area contributed by atoms with Crippen LogP contribution in [0, 0.1) is 5.92 Å². The van der Waals surface area contributed by atoms with Crippen molar-refractivity contribution in [3.8, 4) is 0 Å². The van der Waals surface area contributed by atoms with E-state index in [1.165, 1.54) is 19.4 Å². The van der Waals surface area contributed by atoms with Crippen molar-refractivity contribution in [1.29, 1.82) is 0 Å². The average molecular weight is 256 g/mol. The fraction of sp³-hybridized carbons (Fsp3) is 1.00. The first-order chi connectivity index (χ1) is 8.69. The van der Waals surface area contributed by atoms with E-state index in [1.807, 2.05) is 0 Å². The first-order valence-corrected chi connectivity index (χ1v) is 7.74. The standard InChI is InChI=1S/C15H32N2O/c1-5-10-18-11-9-17-12-15(13(3)6-2)16-8-7-14(17)4/h13-16H,5-12H2,1-4H3. The second kappa shape index (κ2) is 8.89. The van der Waals surface area contributed by atoms with Crippen LogP contribution in [-0.4, -0.2) is 49.8 Å². The highest BCUT2D eigenvalue weighted by Crippen LogP contribution is 2.15. The molecule has 0 aromatic heterocycles. The van der Waals surface area contributed by atoms with E-state index in [9.17, 15) is 0 Å². The van der Waals surface area contributed by atoms with Gasteiger partial charge in [-0.1, -0.05) is 27.2 Å². The summed E-state index contributed by atoms with van der Waals surface area (Å²) in [7, 11) is 0. The molecular weight excluding hydrogens is 224 g/mol. The highest BCUT2D eigenvalue weighted by Gasteiger charge is 2.25. The molecule has 0 aromatic carbocycles. The molecule has 0 aliphatic carbocycles. The minimum Gasteiger partial charge on any atom is -0.380 e. The van der Waals surface area contributed by atoms with Gasteiger partial charge in [-0.25, -0.2) is 0 Å². The van der Waals surface area contributed by atoms with Gasteiger partial charge in [0.05, 0.1) is 6.61 Å². The van der Waals surface area contributed by atoms with Crippen molar-refractivity contribution >= 4 is 0 Å². The summed E-state index contributed by atoms with van der Waals surface area (Å²) in [5, 5.41) is 3.71. The molecule has 0 bridgehead atoms. The second-order valence-corrected chi connectivity index (χ2v) is 5.69. The van der Waals surface area contributed by atoms with Gasteiger partial charge >= 0.3 is 0 Å². The summed E-state index contributed by atoms with van der Waals surface area (Å²) in [6, 6.07) is 1.32. The Labute approximate surface area is 113 Å². The molecule has 1 aliphatic rings. The summed E-state index contributed by atoms with van der Waals surface area (Å²) in [5.41, 5.74) is 0. The van der Waals surface area contributed by atoms with Gasteiger partial charge in [0.25, 0.3) is 0 Å². The molecule has 3 heteroatoms. The minimum absolute atomic E-state index is 0.645. The number of nitrogens with one attached hydrogen (secondary N) is 1. The number of ether oxygens (including phenoxy) is 1. The first-order valence-electron chi connectivity index (χ1n) is 7.74. The number of rotatable bonds is 7. The van der Waals surface area contributed by atoms with Gasteiger partial charge in [-0.15, -0.1) is 0 Å². The molecule has 0 aromatic rings. The van der Waals surface area contributed by atoms with Crippen LogP contribution in [0.1, 0.15) is 47.0 Å². The minimum atomic E-state index is 0.645. The van der Waals surface area contributed by atoms with Crippen LogP contribution in [-0.2, 0) is 4.74 Å². The van der Waals surface area contributed by atoms with Crippen LogP contribution in [0.3, 0.4) is 0 Å². The summed E-state index contributed by atoms with van der Waals surface area (Å²) in [6.45, 7) is 14.3. The summed E-state index contributed by atoms with van der Waals surface area (Å²) in [6.07, 6.45) is 3.62. The number of hydrogen-bond acceptors (Lipinski definition) is 3. The summed E-state index contributed by atoms with van der Waals surface area (Å²) in [4.78, 5) is 2.60. The molecule has 108 valence electrons. The Bertz CT molecular complexity index is 211. The van der Waals surface area contributed by atoms with Crippen molar-refractivity contribution in [2.75, 3.05) is 32.8 Å². The maximum absolute atomic E-state index is 5.63. The van der Waals surface area contributed by atoms with Crippen molar-refractivity contribution < 1.29 is 4.74 Å². The zero-order chi connectivity index (χ0) is 13.4. The molecule has 18 heavy (non-hydrogen) atoms. The topological polar surface area (TPSA) is 24.5 Å². The molecule has 0 amide bonds. The molecule has 0 saturated carbocycles. The molecule has 1 fully saturated rings. The van der Waals surface area contributed by atoms with E-state index in [2.05, 4.69) is 37.9 Å². The van der Waals surface area contributed by atoms with Gasteiger partial charge < -0.3 is 10.1 Å². The maximum atomic E-state index is 5.63. The van der Waals surface area contributed by atoms with Crippen molar-refractivity contribution in [1.82, 2.24) is 10.2 Å². The van der Waals surface area contributed by atoms with E-state index in [1.54, 1.807) is 0 Å². The van der Waals surface area contributed by atoms with Crippen LogP contribution < -0.4 is 5.32 Å². The lowest BCUT2D eigenvalue weighted by atomic mass is 9.99. The highest BCUT2D eigenvalue weighted by atomic mass is 16.5. The fourth-order valence-corrected chi connectivity index (χ4v) is 2.56. The first kappa shape index (κ1) is 15.9. The van der Waals surface area contributed by atoms with E-state index >= 15 is 0 Å². The van der Waals surface area contributed by atoms with Gasteiger partial charge in [0, 0.05) is 31.8 Å². The monoisotopic (exact) mass is 256 g/mol. The molecule has 1 N–H and O–H groups in total. The van der Waals surface area contributed by atoms with Gasteiger partial charge in [0.2, 0.25) is 0 Å². The molecular formula is C15H32N2O. The predicted octanol–water partition coefficient (Wildman–Crippen LogP) is 2.51. The largest absolute Gasteiger partial charge is 0.380 e. The summed E-state index contributed by atoms with van der Waals surface area (Å²) >= 11 is 0. The normalized spacial score (nSPS) is 28.0. The van der Waals surface area contributed by atoms with Crippen LogP contribution in [0.4, 0.5) is 0 Å². The van der Waals surface area contributed by atoms with E-state index in [0.29, 0.717) is 12.1 Å². The third kappa shape index (κ3) is 5.25. The lowest BCUT2D eigenvalue weighted by Crippen LogP contribution is -2.44. The number of nitrogens with zero attached hydrogens (tertiary/aromatic N) is 1. The van der Waals surface area contributed by atoms with Crippen LogP contribution in [0.2, 0.25) is 0 Å². The smallest absolute Gasteiger partial charge is 0.0593 e. The van der Waals surface area contributed by atoms with Crippen molar-refractivity contribution in [2.24, 2.45) is 5.92 Å². The van der Waals surface area contributed by atoms with Crippen molar-refractivity contribution in [2.45, 2.75) is 59.0 Å². The Balaban J connectivity index is 2.40. The van der Waals surface area contributed by atoms with Gasteiger partial charge in [-0.2, -0.15) is 0 Å². The molecule has 1 rings (SSSR count). The third-order valence-electron chi connectivity index (χ3n) is 4.23. The van der Waals surface area contributed by atoms with Crippen molar-refractivity contribution in [3.63, 3.8) is 0 Å². The zero-order valence-electron chi connectivity index (χ0n) is 12.7. The molecule has 0 radical (unpaired) electrons. The van der Waals surface area contributed by atoms with Gasteiger partial charge in [-0.3, -0.25) is 4.90 Å². The Morgan fingerprint density at radius 3 is 2.78 bits per heavy atom. The molecule has 1 saturated heterocycles. The SMILES string of the molecule is CCCOCCN1CC(C(C)CC)NCCC1C. The molecule has 1 aliphatic heterocycles. The lowest BCUT2D eigenvalue weighted by molar-refractivity contribution is 0.0863. The van der Waals surface area contributed by atoms with E-state index in [-0.39, 0.29) is 0 Å². The fourth-order valence-electron chi connectivity index (χ4n) is 2.56. The lowest BCUT2D eigenvalue weighted by Gasteiger charge is -2.31. The quantitative estimate of drug-likeness (QED) is 0.708. The molecule has 3 atom stereocenters. The Kier molecular flexibility index (Phi) is 7.87. The molecule has 3 unspecified atom stereocenters. The molecule has 0 spiro atoms. The molecule has 3 nitrogen and oxygen atoms in total. The van der Waals surface area contributed by atoms with Crippen molar-refractivity contribution in [3.05, 3.63) is 0 Å². The van der Waals surface area contributed by atoms with Gasteiger partial charge in [-0.05, 0) is 32.2 Å². The average Bonchev–Trinajstić information content (AvgIpc) is 2.56.